The quantitative estimate of drug-likeness (QED) is 0.759. The second-order valence-corrected chi connectivity index (χ2v) is 8.11. The van der Waals surface area contributed by atoms with Gasteiger partial charge < -0.3 is 5.32 Å². The van der Waals surface area contributed by atoms with Gasteiger partial charge in [0.25, 0.3) is 0 Å². The van der Waals surface area contributed by atoms with Crippen LogP contribution in [-0.2, 0) is 16.4 Å². The average Bonchev–Trinajstić information content (AvgIpc) is 2.85. The summed E-state index contributed by atoms with van der Waals surface area (Å²) in [5.74, 6) is 2.05. The number of anilines is 1. The highest BCUT2D eigenvalue weighted by Crippen LogP contribution is 2.25. The molecule has 0 radical (unpaired) electrons. The maximum absolute atomic E-state index is 12.3. The monoisotopic (exact) mass is 314 g/mol. The first-order valence-electron chi connectivity index (χ1n) is 7.00. The van der Waals surface area contributed by atoms with Crippen molar-refractivity contribution in [2.24, 2.45) is 0 Å². The largest absolute Gasteiger partial charge is 0.384 e. The van der Waals surface area contributed by atoms with Crippen LogP contribution in [0.15, 0.2) is 23.1 Å². The Morgan fingerprint density at radius 2 is 2.25 bits per heavy atom. The van der Waals surface area contributed by atoms with Crippen LogP contribution in [0.2, 0.25) is 0 Å². The van der Waals surface area contributed by atoms with Gasteiger partial charge in [-0.25, -0.2) is 13.1 Å². The Hall–Kier alpha value is -0.720. The first kappa shape index (κ1) is 15.7. The van der Waals surface area contributed by atoms with E-state index in [0.717, 1.165) is 42.1 Å². The number of hydrogen-bond donors (Lipinski definition) is 2. The molecule has 2 N–H and O–H groups in total. The number of hydrogen-bond acceptors (Lipinski definition) is 4. The Morgan fingerprint density at radius 3 is 3.00 bits per heavy atom. The number of nitrogens with one attached hydrogen (secondary N) is 2. The van der Waals surface area contributed by atoms with Crippen molar-refractivity contribution in [2.75, 3.05) is 23.4 Å². The van der Waals surface area contributed by atoms with Crippen LogP contribution in [0, 0.1) is 0 Å². The van der Waals surface area contributed by atoms with Crippen LogP contribution in [0.1, 0.15) is 25.8 Å². The highest BCUT2D eigenvalue weighted by molar-refractivity contribution is 7.99. The first-order chi connectivity index (χ1) is 9.53. The van der Waals surface area contributed by atoms with E-state index >= 15 is 0 Å². The maximum atomic E-state index is 12.3. The molecule has 4 nitrogen and oxygen atoms in total. The van der Waals surface area contributed by atoms with E-state index in [1.807, 2.05) is 24.8 Å². The smallest absolute Gasteiger partial charge is 0.240 e. The predicted octanol–water partition coefficient (Wildman–Crippen LogP) is 2.46. The number of fused-ring (bicyclic) bond motifs is 1. The van der Waals surface area contributed by atoms with Gasteiger partial charge >= 0.3 is 0 Å². The Morgan fingerprint density at radius 1 is 1.45 bits per heavy atom. The molecule has 0 amide bonds. The lowest BCUT2D eigenvalue weighted by Gasteiger charge is -2.14. The van der Waals surface area contributed by atoms with Crippen molar-refractivity contribution in [3.63, 3.8) is 0 Å². The summed E-state index contributed by atoms with van der Waals surface area (Å²) in [4.78, 5) is 0.370. The second-order valence-electron chi connectivity index (χ2n) is 5.00. The van der Waals surface area contributed by atoms with E-state index in [-0.39, 0.29) is 6.04 Å². The van der Waals surface area contributed by atoms with Crippen molar-refractivity contribution >= 4 is 27.5 Å². The molecule has 0 aromatic heterocycles. The predicted molar refractivity (Wildman–Crippen MR) is 86.0 cm³/mol. The van der Waals surface area contributed by atoms with E-state index in [4.69, 9.17) is 0 Å². The molecule has 0 bridgehead atoms. The summed E-state index contributed by atoms with van der Waals surface area (Å²) in [6.45, 7) is 4.91. The van der Waals surface area contributed by atoms with Crippen molar-refractivity contribution in [1.29, 1.82) is 0 Å². The van der Waals surface area contributed by atoms with Gasteiger partial charge in [-0.3, -0.25) is 0 Å². The molecule has 1 heterocycles. The molecule has 1 unspecified atom stereocenters. The highest BCUT2D eigenvalue weighted by Gasteiger charge is 2.20. The molecule has 6 heteroatoms. The summed E-state index contributed by atoms with van der Waals surface area (Å²) in [6.07, 6.45) is 1.74. The van der Waals surface area contributed by atoms with Crippen molar-refractivity contribution in [3.8, 4) is 0 Å². The van der Waals surface area contributed by atoms with Crippen molar-refractivity contribution in [1.82, 2.24) is 4.72 Å². The van der Waals surface area contributed by atoms with Gasteiger partial charge in [0.05, 0.1) is 4.90 Å². The minimum Gasteiger partial charge on any atom is -0.384 e. The zero-order chi connectivity index (χ0) is 14.6. The summed E-state index contributed by atoms with van der Waals surface area (Å²) in [5.41, 5.74) is 2.14. The van der Waals surface area contributed by atoms with Crippen LogP contribution in [0.4, 0.5) is 5.69 Å². The Labute approximate surface area is 125 Å². The lowest BCUT2D eigenvalue weighted by atomic mass is 10.2. The average molecular weight is 314 g/mol. The third-order valence-electron chi connectivity index (χ3n) is 3.35. The number of rotatable bonds is 7. The molecule has 1 aliphatic heterocycles. The fourth-order valence-electron chi connectivity index (χ4n) is 2.24. The third-order valence-corrected chi connectivity index (χ3v) is 5.87. The van der Waals surface area contributed by atoms with Crippen molar-refractivity contribution in [2.45, 2.75) is 37.6 Å². The number of sulfonamides is 1. The van der Waals surface area contributed by atoms with Gasteiger partial charge in [-0.05, 0) is 55.0 Å². The number of benzene rings is 1. The molecule has 0 saturated carbocycles. The molecule has 2 rings (SSSR count). The lowest BCUT2D eigenvalue weighted by molar-refractivity contribution is 0.557. The fraction of sp³-hybridized carbons (Fsp3) is 0.571. The Bertz CT molecular complexity index is 558. The van der Waals surface area contributed by atoms with Gasteiger partial charge in [0.15, 0.2) is 0 Å². The van der Waals surface area contributed by atoms with Crippen LogP contribution < -0.4 is 10.0 Å². The van der Waals surface area contributed by atoms with E-state index in [1.165, 1.54) is 0 Å². The molecule has 1 aromatic carbocycles. The molecule has 0 spiro atoms. The van der Waals surface area contributed by atoms with Crippen LogP contribution >= 0.6 is 11.8 Å². The molecule has 1 aliphatic rings. The number of thioether (sulfide) groups is 1. The van der Waals surface area contributed by atoms with Gasteiger partial charge in [-0.1, -0.05) is 6.92 Å². The minimum atomic E-state index is -3.41. The Balaban J connectivity index is 2.03. The molecule has 1 atom stereocenters. The van der Waals surface area contributed by atoms with Gasteiger partial charge in [-0.2, -0.15) is 11.8 Å². The van der Waals surface area contributed by atoms with Gasteiger partial charge in [0.2, 0.25) is 10.0 Å². The van der Waals surface area contributed by atoms with E-state index in [0.29, 0.717) is 4.90 Å². The van der Waals surface area contributed by atoms with E-state index in [9.17, 15) is 8.42 Å². The zero-order valence-electron chi connectivity index (χ0n) is 12.0. The van der Waals surface area contributed by atoms with E-state index in [1.54, 1.807) is 12.1 Å². The topological polar surface area (TPSA) is 58.2 Å². The van der Waals surface area contributed by atoms with Crippen molar-refractivity contribution < 1.29 is 8.42 Å². The van der Waals surface area contributed by atoms with E-state index < -0.39 is 10.0 Å². The lowest BCUT2D eigenvalue weighted by Crippen LogP contribution is -2.33. The molecule has 0 fully saturated rings. The summed E-state index contributed by atoms with van der Waals surface area (Å²) in [6, 6.07) is 5.28. The minimum absolute atomic E-state index is 0.0366. The maximum Gasteiger partial charge on any atom is 0.240 e. The summed E-state index contributed by atoms with van der Waals surface area (Å²) in [7, 11) is -3.41. The van der Waals surface area contributed by atoms with Gasteiger partial charge in [0.1, 0.15) is 0 Å². The molecule has 1 aromatic rings. The summed E-state index contributed by atoms with van der Waals surface area (Å²) < 4.78 is 27.4. The third kappa shape index (κ3) is 3.90. The van der Waals surface area contributed by atoms with Crippen LogP contribution in [0.5, 0.6) is 0 Å². The zero-order valence-corrected chi connectivity index (χ0v) is 13.6. The van der Waals surface area contributed by atoms with Crippen LogP contribution in [-0.4, -0.2) is 32.5 Å². The molecule has 0 saturated heterocycles. The van der Waals surface area contributed by atoms with Gasteiger partial charge in [0, 0.05) is 18.3 Å². The Kier molecular flexibility index (Phi) is 5.35. The normalized spacial score (nSPS) is 15.7. The summed E-state index contributed by atoms with van der Waals surface area (Å²) >= 11 is 1.83. The standard InChI is InChI=1S/C14H22N2O2S2/c1-3-19-9-7-11(2)16-20(17,18)13-4-5-14-12(10-13)6-8-15-14/h4-5,10-11,15-16H,3,6-9H2,1-2H3. The van der Waals surface area contributed by atoms with E-state index in [2.05, 4.69) is 17.0 Å². The molecule has 0 aliphatic carbocycles. The molecular weight excluding hydrogens is 292 g/mol. The molecule has 20 heavy (non-hydrogen) atoms. The molecular formula is C14H22N2O2S2. The van der Waals surface area contributed by atoms with Gasteiger partial charge in [-0.15, -0.1) is 0 Å². The fourth-order valence-corrected chi connectivity index (χ4v) is 4.38. The van der Waals surface area contributed by atoms with Crippen molar-refractivity contribution in [3.05, 3.63) is 23.8 Å². The molecule has 112 valence electrons. The SMILES string of the molecule is CCSCCC(C)NS(=O)(=O)c1ccc2c(c1)CCN2. The summed E-state index contributed by atoms with van der Waals surface area (Å²) in [5, 5.41) is 3.24. The van der Waals surface area contributed by atoms with Crippen LogP contribution in [0.25, 0.3) is 0 Å². The first-order valence-corrected chi connectivity index (χ1v) is 9.63. The highest BCUT2D eigenvalue weighted by atomic mass is 32.2. The second kappa shape index (κ2) is 6.83. The van der Waals surface area contributed by atoms with Crippen LogP contribution in [0.3, 0.4) is 0 Å².